The average Bonchev–Trinajstić information content (AvgIpc) is 2.61. The molecule has 1 amide bonds. The molecule has 2 rings (SSSR count). The second-order valence-corrected chi connectivity index (χ2v) is 3.75. The van der Waals surface area contributed by atoms with E-state index in [1.165, 1.54) is 11.0 Å². The molecule has 17 heavy (non-hydrogen) atoms. The Labute approximate surface area is 97.7 Å². The molecular formula is C11H12N2O4. The molecule has 0 saturated carbocycles. The van der Waals surface area contributed by atoms with Gasteiger partial charge in [-0.3, -0.25) is 4.90 Å². The number of benzene rings is 1. The van der Waals surface area contributed by atoms with Gasteiger partial charge in [-0.05, 0) is 18.6 Å². The number of carboxylic acid groups (broad SMARTS) is 1. The Hall–Kier alpha value is -2.08. The Kier molecular flexibility index (Phi) is 2.97. The minimum atomic E-state index is -1.01. The maximum absolute atomic E-state index is 11.4. The fourth-order valence-electron chi connectivity index (χ4n) is 1.67. The van der Waals surface area contributed by atoms with Crippen molar-refractivity contribution in [2.24, 2.45) is 0 Å². The number of hydrogen-bond acceptors (Lipinski definition) is 4. The second kappa shape index (κ2) is 4.42. The smallest absolute Gasteiger partial charge is 0.430 e. The Morgan fingerprint density at radius 1 is 1.53 bits per heavy atom. The molecule has 6 nitrogen and oxygen atoms in total. The lowest BCUT2D eigenvalue weighted by Crippen LogP contribution is -2.34. The van der Waals surface area contributed by atoms with E-state index in [4.69, 9.17) is 5.11 Å². The molecule has 1 atom stereocenters. The topological polar surface area (TPSA) is 78.9 Å². The SMILES string of the molecule is CC1NOC(=O)N1Cc1ccccc1C(=O)O. The predicted molar refractivity (Wildman–Crippen MR) is 58.0 cm³/mol. The van der Waals surface area contributed by atoms with Crippen LogP contribution in [-0.4, -0.2) is 28.2 Å². The Morgan fingerprint density at radius 2 is 2.24 bits per heavy atom. The Morgan fingerprint density at radius 3 is 2.82 bits per heavy atom. The van der Waals surface area contributed by atoms with Crippen LogP contribution in [-0.2, 0) is 11.4 Å². The van der Waals surface area contributed by atoms with Crippen molar-refractivity contribution in [2.75, 3.05) is 0 Å². The number of nitrogens with zero attached hydrogens (tertiary/aromatic N) is 1. The molecule has 1 unspecified atom stereocenters. The monoisotopic (exact) mass is 236 g/mol. The molecule has 6 heteroatoms. The number of nitrogens with one attached hydrogen (secondary N) is 1. The van der Waals surface area contributed by atoms with Crippen molar-refractivity contribution < 1.29 is 19.5 Å². The number of hydrogen-bond donors (Lipinski definition) is 2. The molecule has 1 aliphatic rings. The van der Waals surface area contributed by atoms with Gasteiger partial charge in [0, 0.05) is 0 Å². The van der Waals surface area contributed by atoms with Crippen LogP contribution in [0.4, 0.5) is 4.79 Å². The van der Waals surface area contributed by atoms with E-state index in [1.54, 1.807) is 25.1 Å². The summed E-state index contributed by atoms with van der Waals surface area (Å²) in [4.78, 5) is 28.4. The van der Waals surface area contributed by atoms with Crippen molar-refractivity contribution in [1.82, 2.24) is 10.4 Å². The number of carbonyl (C=O) groups excluding carboxylic acids is 1. The number of carboxylic acids is 1. The largest absolute Gasteiger partial charge is 0.478 e. The predicted octanol–water partition coefficient (Wildman–Crippen LogP) is 1.19. The quantitative estimate of drug-likeness (QED) is 0.824. The Balaban J connectivity index is 2.24. The van der Waals surface area contributed by atoms with Crippen molar-refractivity contribution in [3.8, 4) is 0 Å². The summed E-state index contributed by atoms with van der Waals surface area (Å²) in [5.41, 5.74) is 3.29. The van der Waals surface area contributed by atoms with Crippen LogP contribution in [0, 0.1) is 0 Å². The van der Waals surface area contributed by atoms with Crippen LogP contribution in [0.3, 0.4) is 0 Å². The summed E-state index contributed by atoms with van der Waals surface area (Å²) in [5, 5.41) is 9.02. The number of carbonyl (C=O) groups is 2. The van der Waals surface area contributed by atoms with Gasteiger partial charge in [0.2, 0.25) is 0 Å². The lowest BCUT2D eigenvalue weighted by molar-refractivity contribution is 0.0694. The van der Waals surface area contributed by atoms with Gasteiger partial charge in [0.05, 0.1) is 12.1 Å². The number of rotatable bonds is 3. The summed E-state index contributed by atoms with van der Waals surface area (Å²) in [6.45, 7) is 1.96. The maximum atomic E-state index is 11.4. The van der Waals surface area contributed by atoms with E-state index in [1.807, 2.05) is 0 Å². The Bertz CT molecular complexity index is 461. The van der Waals surface area contributed by atoms with Crippen molar-refractivity contribution >= 4 is 12.1 Å². The molecular weight excluding hydrogens is 224 g/mol. The van der Waals surface area contributed by atoms with Gasteiger partial charge in [-0.1, -0.05) is 18.2 Å². The molecule has 1 saturated heterocycles. The summed E-state index contributed by atoms with van der Waals surface area (Å²) < 4.78 is 0. The van der Waals surface area contributed by atoms with E-state index in [2.05, 4.69) is 10.3 Å². The molecule has 1 aliphatic heterocycles. The minimum Gasteiger partial charge on any atom is -0.478 e. The third-order valence-electron chi connectivity index (χ3n) is 2.61. The van der Waals surface area contributed by atoms with Crippen molar-refractivity contribution in [2.45, 2.75) is 19.6 Å². The van der Waals surface area contributed by atoms with Crippen LogP contribution in [0.5, 0.6) is 0 Å². The van der Waals surface area contributed by atoms with Gasteiger partial charge in [0.1, 0.15) is 6.17 Å². The molecule has 0 aliphatic carbocycles. The molecule has 1 aromatic rings. The first kappa shape index (κ1) is 11.4. The zero-order valence-electron chi connectivity index (χ0n) is 9.21. The molecule has 90 valence electrons. The van der Waals surface area contributed by atoms with Gasteiger partial charge in [-0.15, -0.1) is 5.48 Å². The molecule has 1 aromatic carbocycles. The van der Waals surface area contributed by atoms with E-state index in [0.29, 0.717) is 5.56 Å². The van der Waals surface area contributed by atoms with E-state index >= 15 is 0 Å². The zero-order valence-corrected chi connectivity index (χ0v) is 9.21. The van der Waals surface area contributed by atoms with Gasteiger partial charge in [0.15, 0.2) is 0 Å². The lowest BCUT2D eigenvalue weighted by atomic mass is 10.1. The summed E-state index contributed by atoms with van der Waals surface area (Å²) in [6.07, 6.45) is -0.776. The first-order valence-corrected chi connectivity index (χ1v) is 5.14. The van der Waals surface area contributed by atoms with Crippen LogP contribution in [0.2, 0.25) is 0 Å². The fourth-order valence-corrected chi connectivity index (χ4v) is 1.67. The molecule has 0 aromatic heterocycles. The molecule has 1 fully saturated rings. The summed E-state index contributed by atoms with van der Waals surface area (Å²) in [5.74, 6) is -1.01. The van der Waals surface area contributed by atoms with Crippen LogP contribution >= 0.6 is 0 Å². The van der Waals surface area contributed by atoms with Crippen LogP contribution in [0.25, 0.3) is 0 Å². The second-order valence-electron chi connectivity index (χ2n) is 3.75. The third kappa shape index (κ3) is 2.21. The summed E-state index contributed by atoms with van der Waals surface area (Å²) in [6, 6.07) is 6.58. The van der Waals surface area contributed by atoms with Crippen LogP contribution < -0.4 is 5.48 Å². The molecule has 2 N–H and O–H groups in total. The highest BCUT2D eigenvalue weighted by Crippen LogP contribution is 2.16. The summed E-state index contributed by atoms with van der Waals surface area (Å²) >= 11 is 0. The lowest BCUT2D eigenvalue weighted by Gasteiger charge is -2.17. The van der Waals surface area contributed by atoms with Gasteiger partial charge in [0.25, 0.3) is 0 Å². The zero-order chi connectivity index (χ0) is 12.4. The minimum absolute atomic E-state index is 0.194. The fraction of sp³-hybridized carbons (Fsp3) is 0.273. The molecule has 0 radical (unpaired) electrons. The van der Waals surface area contributed by atoms with E-state index in [-0.39, 0.29) is 18.3 Å². The van der Waals surface area contributed by atoms with E-state index < -0.39 is 12.1 Å². The van der Waals surface area contributed by atoms with E-state index in [0.717, 1.165) is 0 Å². The van der Waals surface area contributed by atoms with Gasteiger partial charge >= 0.3 is 12.1 Å². The highest BCUT2D eigenvalue weighted by Gasteiger charge is 2.30. The van der Waals surface area contributed by atoms with Gasteiger partial charge in [-0.25, -0.2) is 9.59 Å². The van der Waals surface area contributed by atoms with Crippen molar-refractivity contribution in [3.05, 3.63) is 35.4 Å². The van der Waals surface area contributed by atoms with Crippen LogP contribution in [0.1, 0.15) is 22.8 Å². The van der Waals surface area contributed by atoms with Crippen molar-refractivity contribution in [3.63, 3.8) is 0 Å². The van der Waals surface area contributed by atoms with Crippen LogP contribution in [0.15, 0.2) is 24.3 Å². The average molecular weight is 236 g/mol. The molecule has 1 heterocycles. The third-order valence-corrected chi connectivity index (χ3v) is 2.61. The number of hydroxylamine groups is 1. The molecule has 0 bridgehead atoms. The number of amides is 1. The highest BCUT2D eigenvalue weighted by molar-refractivity contribution is 5.89. The summed E-state index contributed by atoms with van der Waals surface area (Å²) in [7, 11) is 0. The molecule has 0 spiro atoms. The van der Waals surface area contributed by atoms with Gasteiger partial charge in [-0.2, -0.15) is 0 Å². The first-order valence-electron chi connectivity index (χ1n) is 5.14. The standard InChI is InChI=1S/C11H12N2O4/c1-7-12-17-11(16)13(7)6-8-4-2-3-5-9(8)10(14)15/h2-5,7,12H,6H2,1H3,(H,14,15). The number of aromatic carboxylic acids is 1. The normalized spacial score (nSPS) is 19.2. The first-order chi connectivity index (χ1) is 8.09. The van der Waals surface area contributed by atoms with Crippen molar-refractivity contribution in [1.29, 1.82) is 0 Å². The van der Waals surface area contributed by atoms with Gasteiger partial charge < -0.3 is 9.94 Å². The highest BCUT2D eigenvalue weighted by atomic mass is 16.7. The maximum Gasteiger partial charge on any atom is 0.430 e. The van der Waals surface area contributed by atoms with E-state index in [9.17, 15) is 9.59 Å².